The van der Waals surface area contributed by atoms with Crippen LogP contribution in [0.1, 0.15) is 10.5 Å². The van der Waals surface area contributed by atoms with Gasteiger partial charge in [0.1, 0.15) is 11.5 Å². The molecule has 4 rings (SSSR count). The van der Waals surface area contributed by atoms with Gasteiger partial charge in [-0.3, -0.25) is 14.6 Å². The van der Waals surface area contributed by atoms with Crippen molar-refractivity contribution in [1.29, 1.82) is 0 Å². The topological polar surface area (TPSA) is 95.1 Å². The Labute approximate surface area is 143 Å². The molecule has 2 aromatic heterocycles. The number of H-pyrrole nitrogens is 1. The third-order valence-electron chi connectivity index (χ3n) is 4.22. The van der Waals surface area contributed by atoms with Crippen LogP contribution >= 0.6 is 0 Å². The first-order chi connectivity index (χ1) is 12.2. The standard InChI is InChI=1S/C17H16N6O2/c24-16-6-5-14(20-21-16)17(25)23-9-7-22(8-10-23)15-11-18-12-3-1-2-4-13(12)19-15/h1-6,11H,7-10H2,(H,21,24). The number of fused-ring (bicyclic) bond motifs is 1. The third-order valence-corrected chi connectivity index (χ3v) is 4.22. The lowest BCUT2D eigenvalue weighted by Crippen LogP contribution is -2.49. The number of piperazine rings is 1. The van der Waals surface area contributed by atoms with Gasteiger partial charge in [-0.25, -0.2) is 10.1 Å². The summed E-state index contributed by atoms with van der Waals surface area (Å²) in [6, 6.07) is 10.5. The van der Waals surface area contributed by atoms with E-state index >= 15 is 0 Å². The number of carbonyl (C=O) groups excluding carboxylic acids is 1. The van der Waals surface area contributed by atoms with Crippen LogP contribution in [0.25, 0.3) is 11.0 Å². The Morgan fingerprint density at radius 3 is 2.48 bits per heavy atom. The first-order valence-electron chi connectivity index (χ1n) is 8.02. The van der Waals surface area contributed by atoms with Gasteiger partial charge in [0.2, 0.25) is 0 Å². The Kier molecular flexibility index (Phi) is 3.85. The first-order valence-corrected chi connectivity index (χ1v) is 8.02. The highest BCUT2D eigenvalue weighted by Gasteiger charge is 2.24. The molecule has 0 saturated carbocycles. The molecule has 1 aromatic carbocycles. The summed E-state index contributed by atoms with van der Waals surface area (Å²) in [6.07, 6.45) is 1.77. The fourth-order valence-electron chi connectivity index (χ4n) is 2.86. The van der Waals surface area contributed by atoms with Crippen molar-refractivity contribution in [2.45, 2.75) is 0 Å². The Bertz CT molecular complexity index is 958. The average molecular weight is 336 g/mol. The van der Waals surface area contributed by atoms with Crippen LogP contribution in [0.15, 0.2) is 47.4 Å². The smallest absolute Gasteiger partial charge is 0.274 e. The summed E-state index contributed by atoms with van der Waals surface area (Å²) in [5, 5.41) is 6.09. The van der Waals surface area contributed by atoms with Crippen LogP contribution in [0.2, 0.25) is 0 Å². The van der Waals surface area contributed by atoms with Crippen LogP contribution in [-0.4, -0.2) is 57.2 Å². The van der Waals surface area contributed by atoms with E-state index in [9.17, 15) is 9.59 Å². The number of hydrogen-bond donors (Lipinski definition) is 1. The largest absolute Gasteiger partial charge is 0.352 e. The van der Waals surface area contributed by atoms with Crippen molar-refractivity contribution in [2.75, 3.05) is 31.1 Å². The Morgan fingerprint density at radius 1 is 1.00 bits per heavy atom. The highest BCUT2D eigenvalue weighted by molar-refractivity contribution is 5.92. The SMILES string of the molecule is O=C(c1ccc(=O)[nH]n1)N1CCN(c2cnc3ccccc3n2)CC1. The number of anilines is 1. The van der Waals surface area contributed by atoms with Gasteiger partial charge in [-0.05, 0) is 18.2 Å². The minimum atomic E-state index is -0.323. The molecule has 0 unspecified atom stereocenters. The molecule has 0 aliphatic carbocycles. The maximum Gasteiger partial charge on any atom is 0.274 e. The predicted molar refractivity (Wildman–Crippen MR) is 92.5 cm³/mol. The van der Waals surface area contributed by atoms with Crippen LogP contribution in [0, 0.1) is 0 Å². The molecule has 3 aromatic rings. The van der Waals surface area contributed by atoms with Gasteiger partial charge in [-0.15, -0.1) is 0 Å². The number of benzene rings is 1. The van der Waals surface area contributed by atoms with Gasteiger partial charge in [-0.1, -0.05) is 12.1 Å². The lowest BCUT2D eigenvalue weighted by molar-refractivity contribution is 0.0739. The van der Waals surface area contributed by atoms with Crippen molar-refractivity contribution in [3.05, 3.63) is 58.6 Å². The number of carbonyl (C=O) groups is 1. The van der Waals surface area contributed by atoms with Crippen LogP contribution < -0.4 is 10.5 Å². The maximum absolute atomic E-state index is 12.4. The molecular weight excluding hydrogens is 320 g/mol. The number of amides is 1. The van der Waals surface area contributed by atoms with E-state index in [-0.39, 0.29) is 17.2 Å². The molecule has 0 atom stereocenters. The van der Waals surface area contributed by atoms with Crippen LogP contribution in [0.3, 0.4) is 0 Å². The van der Waals surface area contributed by atoms with Crippen molar-refractivity contribution >= 4 is 22.8 Å². The summed E-state index contributed by atoms with van der Waals surface area (Å²) in [7, 11) is 0. The molecule has 3 heterocycles. The lowest BCUT2D eigenvalue weighted by atomic mass is 10.2. The van der Waals surface area contributed by atoms with Crippen LogP contribution in [0.4, 0.5) is 5.82 Å². The normalized spacial score (nSPS) is 14.7. The molecule has 1 aliphatic rings. The van der Waals surface area contributed by atoms with Crippen molar-refractivity contribution < 1.29 is 4.79 Å². The number of nitrogens with one attached hydrogen (secondary N) is 1. The number of hydrogen-bond acceptors (Lipinski definition) is 6. The second-order valence-electron chi connectivity index (χ2n) is 5.80. The molecule has 0 radical (unpaired) electrons. The highest BCUT2D eigenvalue weighted by atomic mass is 16.2. The second kappa shape index (κ2) is 6.31. The number of para-hydroxylation sites is 2. The monoisotopic (exact) mass is 336 g/mol. The zero-order chi connectivity index (χ0) is 17.2. The zero-order valence-corrected chi connectivity index (χ0v) is 13.4. The molecule has 25 heavy (non-hydrogen) atoms. The maximum atomic E-state index is 12.4. The van der Waals surface area contributed by atoms with Gasteiger partial charge >= 0.3 is 0 Å². The zero-order valence-electron chi connectivity index (χ0n) is 13.4. The van der Waals surface area contributed by atoms with Gasteiger partial charge < -0.3 is 9.80 Å². The molecule has 1 saturated heterocycles. The summed E-state index contributed by atoms with van der Waals surface area (Å²) in [4.78, 5) is 36.4. The number of aromatic amines is 1. The Hall–Kier alpha value is -3.29. The van der Waals surface area contributed by atoms with Crippen LogP contribution in [-0.2, 0) is 0 Å². The molecule has 1 fully saturated rings. The summed E-state index contributed by atoms with van der Waals surface area (Å²) in [5.74, 6) is 0.633. The molecule has 1 N–H and O–H groups in total. The van der Waals surface area contributed by atoms with Crippen molar-refractivity contribution in [3.8, 4) is 0 Å². The molecule has 0 spiro atoms. The van der Waals surface area contributed by atoms with E-state index < -0.39 is 0 Å². The summed E-state index contributed by atoms with van der Waals surface area (Å²) >= 11 is 0. The molecule has 1 amide bonds. The molecule has 0 bridgehead atoms. The van der Waals surface area contributed by atoms with Crippen molar-refractivity contribution in [3.63, 3.8) is 0 Å². The molecular formula is C17H16N6O2. The van der Waals surface area contributed by atoms with E-state index in [4.69, 9.17) is 0 Å². The number of rotatable bonds is 2. The van der Waals surface area contributed by atoms with Gasteiger partial charge in [0, 0.05) is 32.2 Å². The van der Waals surface area contributed by atoms with Crippen molar-refractivity contribution in [2.24, 2.45) is 0 Å². The minimum Gasteiger partial charge on any atom is -0.352 e. The van der Waals surface area contributed by atoms with E-state index in [1.165, 1.54) is 12.1 Å². The van der Waals surface area contributed by atoms with Gasteiger partial charge in [0.05, 0.1) is 17.2 Å². The van der Waals surface area contributed by atoms with Gasteiger partial charge in [0.25, 0.3) is 11.5 Å². The fourth-order valence-corrected chi connectivity index (χ4v) is 2.86. The van der Waals surface area contributed by atoms with E-state index in [0.717, 1.165) is 16.9 Å². The second-order valence-corrected chi connectivity index (χ2v) is 5.80. The summed E-state index contributed by atoms with van der Waals surface area (Å²) < 4.78 is 0. The third kappa shape index (κ3) is 3.06. The van der Waals surface area contributed by atoms with Gasteiger partial charge in [0.15, 0.2) is 0 Å². The van der Waals surface area contributed by atoms with E-state index in [2.05, 4.69) is 25.1 Å². The van der Waals surface area contributed by atoms with E-state index in [1.54, 1.807) is 11.1 Å². The van der Waals surface area contributed by atoms with E-state index in [0.29, 0.717) is 26.2 Å². The van der Waals surface area contributed by atoms with Gasteiger partial charge in [-0.2, -0.15) is 5.10 Å². The summed E-state index contributed by atoms with van der Waals surface area (Å²) in [5.41, 5.74) is 1.65. The van der Waals surface area contributed by atoms with Crippen molar-refractivity contribution in [1.82, 2.24) is 25.1 Å². The van der Waals surface area contributed by atoms with E-state index in [1.807, 2.05) is 24.3 Å². The first kappa shape index (κ1) is 15.3. The molecule has 126 valence electrons. The number of nitrogens with zero attached hydrogens (tertiary/aromatic N) is 5. The molecule has 1 aliphatic heterocycles. The Balaban J connectivity index is 1.46. The van der Waals surface area contributed by atoms with Crippen LogP contribution in [0.5, 0.6) is 0 Å². The lowest BCUT2D eigenvalue weighted by Gasteiger charge is -2.35. The summed E-state index contributed by atoms with van der Waals surface area (Å²) in [6.45, 7) is 2.46. The fraction of sp³-hybridized carbons (Fsp3) is 0.235. The Morgan fingerprint density at radius 2 is 1.76 bits per heavy atom. The molecule has 8 heteroatoms. The average Bonchev–Trinajstić information content (AvgIpc) is 2.68. The molecule has 8 nitrogen and oxygen atoms in total. The predicted octanol–water partition coefficient (Wildman–Crippen LogP) is 0.675. The quantitative estimate of drug-likeness (QED) is 0.739. The minimum absolute atomic E-state index is 0.180. The highest BCUT2D eigenvalue weighted by Crippen LogP contribution is 2.17. The number of aromatic nitrogens is 4.